The Morgan fingerprint density at radius 1 is 1.65 bits per heavy atom. The molecule has 0 spiro atoms. The first-order valence-corrected chi connectivity index (χ1v) is 4.91. The second-order valence-corrected chi connectivity index (χ2v) is 3.11. The summed E-state index contributed by atoms with van der Waals surface area (Å²) in [4.78, 5) is 14.9. The summed E-state index contributed by atoms with van der Waals surface area (Å²) in [5.41, 5.74) is -0.783. The van der Waals surface area contributed by atoms with Crippen LogP contribution in [0.2, 0.25) is 0 Å². The Labute approximate surface area is 96.8 Å². The van der Waals surface area contributed by atoms with E-state index < -0.39 is 18.0 Å². The third-order valence-electron chi connectivity index (χ3n) is 2.03. The molecule has 0 amide bonds. The quantitative estimate of drug-likeness (QED) is 0.755. The van der Waals surface area contributed by atoms with Crippen molar-refractivity contribution in [2.45, 2.75) is 19.8 Å². The van der Waals surface area contributed by atoms with Gasteiger partial charge in [0.25, 0.3) is 6.43 Å². The molecule has 0 aliphatic heterocycles. The molecule has 0 N–H and O–H groups in total. The first-order chi connectivity index (χ1) is 8.10. The van der Waals surface area contributed by atoms with Crippen molar-refractivity contribution in [2.24, 2.45) is 0 Å². The van der Waals surface area contributed by atoms with Crippen LogP contribution in [0.15, 0.2) is 12.3 Å². The Kier molecular flexibility index (Phi) is 4.52. The molecule has 0 atom stereocenters. The standard InChI is InChI=1S/C11H10F2N2O2/c1-2-17-9(16)5-8-10(11(12)13)7(6-14)3-4-15-8/h3-4,11H,2,5H2,1H3. The van der Waals surface area contributed by atoms with Gasteiger partial charge in [-0.3, -0.25) is 9.78 Å². The lowest BCUT2D eigenvalue weighted by Crippen LogP contribution is -2.12. The second kappa shape index (κ2) is 5.89. The van der Waals surface area contributed by atoms with E-state index in [4.69, 9.17) is 5.26 Å². The molecule has 6 heteroatoms. The lowest BCUT2D eigenvalue weighted by atomic mass is 10.1. The van der Waals surface area contributed by atoms with Gasteiger partial charge in [0.2, 0.25) is 0 Å². The van der Waals surface area contributed by atoms with Crippen LogP contribution in [0.4, 0.5) is 8.78 Å². The molecule has 0 aromatic carbocycles. The Bertz CT molecular complexity index is 455. The summed E-state index contributed by atoms with van der Waals surface area (Å²) in [6, 6.07) is 2.84. The van der Waals surface area contributed by atoms with Crippen LogP contribution in [0.5, 0.6) is 0 Å². The van der Waals surface area contributed by atoms with Gasteiger partial charge in [-0.15, -0.1) is 0 Å². The fourth-order valence-corrected chi connectivity index (χ4v) is 1.35. The molecule has 0 saturated carbocycles. The van der Waals surface area contributed by atoms with E-state index >= 15 is 0 Å². The van der Waals surface area contributed by atoms with Crippen molar-refractivity contribution in [2.75, 3.05) is 6.61 Å². The first kappa shape index (κ1) is 13.0. The maximum absolute atomic E-state index is 12.8. The van der Waals surface area contributed by atoms with E-state index in [0.29, 0.717) is 0 Å². The highest BCUT2D eigenvalue weighted by atomic mass is 19.3. The Morgan fingerprint density at radius 2 is 2.35 bits per heavy atom. The van der Waals surface area contributed by atoms with Crippen molar-refractivity contribution >= 4 is 5.97 Å². The Hall–Kier alpha value is -2.03. The molecule has 90 valence electrons. The van der Waals surface area contributed by atoms with Gasteiger partial charge in [-0.1, -0.05) is 0 Å². The van der Waals surface area contributed by atoms with Crippen LogP contribution in [0.3, 0.4) is 0 Å². The molecule has 0 aliphatic carbocycles. The topological polar surface area (TPSA) is 63.0 Å². The molecule has 17 heavy (non-hydrogen) atoms. The van der Waals surface area contributed by atoms with Crippen LogP contribution in [0, 0.1) is 11.3 Å². The molecule has 0 aliphatic rings. The normalized spacial score (nSPS) is 10.1. The predicted molar refractivity (Wildman–Crippen MR) is 54.2 cm³/mol. The van der Waals surface area contributed by atoms with Crippen LogP contribution in [0.25, 0.3) is 0 Å². The Balaban J connectivity index is 3.07. The van der Waals surface area contributed by atoms with Crippen LogP contribution < -0.4 is 0 Å². The molecule has 1 aromatic heterocycles. The predicted octanol–water partition coefficient (Wildman–Crippen LogP) is 2.00. The van der Waals surface area contributed by atoms with Crippen molar-refractivity contribution in [1.29, 1.82) is 5.26 Å². The number of aromatic nitrogens is 1. The molecule has 4 nitrogen and oxygen atoms in total. The zero-order valence-electron chi connectivity index (χ0n) is 9.11. The van der Waals surface area contributed by atoms with Gasteiger partial charge in [0.15, 0.2) is 0 Å². The van der Waals surface area contributed by atoms with Crippen molar-refractivity contribution < 1.29 is 18.3 Å². The highest BCUT2D eigenvalue weighted by Gasteiger charge is 2.21. The number of halogens is 2. The largest absolute Gasteiger partial charge is 0.466 e. The average Bonchev–Trinajstić information content (AvgIpc) is 2.28. The zero-order chi connectivity index (χ0) is 12.8. The minimum absolute atomic E-state index is 0.113. The molecule has 0 fully saturated rings. The molecular weight excluding hydrogens is 230 g/mol. The number of alkyl halides is 2. The number of esters is 1. The minimum Gasteiger partial charge on any atom is -0.466 e. The van der Waals surface area contributed by atoms with Gasteiger partial charge in [0, 0.05) is 6.20 Å². The average molecular weight is 240 g/mol. The van der Waals surface area contributed by atoms with E-state index in [2.05, 4.69) is 9.72 Å². The lowest BCUT2D eigenvalue weighted by Gasteiger charge is -2.08. The molecule has 0 unspecified atom stereocenters. The number of nitriles is 1. The van der Waals surface area contributed by atoms with Gasteiger partial charge in [-0.05, 0) is 13.0 Å². The van der Waals surface area contributed by atoms with E-state index in [1.165, 1.54) is 12.3 Å². The fourth-order valence-electron chi connectivity index (χ4n) is 1.35. The van der Waals surface area contributed by atoms with Crippen molar-refractivity contribution in [1.82, 2.24) is 4.98 Å². The van der Waals surface area contributed by atoms with E-state index in [-0.39, 0.29) is 24.3 Å². The molecule has 1 aromatic rings. The minimum atomic E-state index is -2.84. The van der Waals surface area contributed by atoms with E-state index in [9.17, 15) is 13.6 Å². The van der Waals surface area contributed by atoms with Crippen molar-refractivity contribution in [3.63, 3.8) is 0 Å². The highest BCUT2D eigenvalue weighted by molar-refractivity contribution is 5.72. The number of ether oxygens (including phenoxy) is 1. The fraction of sp³-hybridized carbons (Fsp3) is 0.364. The summed E-state index contributed by atoms with van der Waals surface area (Å²) in [5, 5.41) is 8.70. The molecule has 1 heterocycles. The smallest absolute Gasteiger partial charge is 0.311 e. The van der Waals surface area contributed by atoms with Gasteiger partial charge < -0.3 is 4.74 Å². The molecule has 0 saturated heterocycles. The third-order valence-corrected chi connectivity index (χ3v) is 2.03. The number of carbonyl (C=O) groups excluding carboxylic acids is 1. The number of hydrogen-bond donors (Lipinski definition) is 0. The van der Waals surface area contributed by atoms with Gasteiger partial charge in [-0.2, -0.15) is 5.26 Å². The molecule has 1 rings (SSSR count). The SMILES string of the molecule is CCOC(=O)Cc1nccc(C#N)c1C(F)F. The van der Waals surface area contributed by atoms with Gasteiger partial charge >= 0.3 is 5.97 Å². The first-order valence-electron chi connectivity index (χ1n) is 4.91. The van der Waals surface area contributed by atoms with Crippen LogP contribution in [-0.2, 0) is 16.0 Å². The van der Waals surface area contributed by atoms with E-state index in [1.807, 2.05) is 0 Å². The van der Waals surface area contributed by atoms with Gasteiger partial charge in [0.05, 0.1) is 35.9 Å². The molecule has 0 bridgehead atoms. The van der Waals surface area contributed by atoms with E-state index in [0.717, 1.165) is 0 Å². The number of hydrogen-bond acceptors (Lipinski definition) is 4. The molecule has 0 radical (unpaired) electrons. The lowest BCUT2D eigenvalue weighted by molar-refractivity contribution is -0.142. The van der Waals surface area contributed by atoms with Gasteiger partial charge in [-0.25, -0.2) is 8.78 Å². The summed E-state index contributed by atoms with van der Waals surface area (Å²) in [6.07, 6.45) is -1.98. The Morgan fingerprint density at radius 3 is 2.88 bits per heavy atom. The van der Waals surface area contributed by atoms with Crippen LogP contribution >= 0.6 is 0 Å². The summed E-state index contributed by atoms with van der Waals surface area (Å²) in [7, 11) is 0. The number of carbonyl (C=O) groups is 1. The number of rotatable bonds is 4. The number of nitrogens with zero attached hydrogens (tertiary/aromatic N) is 2. The van der Waals surface area contributed by atoms with Crippen LogP contribution in [-0.4, -0.2) is 17.6 Å². The monoisotopic (exact) mass is 240 g/mol. The second-order valence-electron chi connectivity index (χ2n) is 3.11. The highest BCUT2D eigenvalue weighted by Crippen LogP contribution is 2.25. The van der Waals surface area contributed by atoms with Crippen molar-refractivity contribution in [3.05, 3.63) is 29.1 Å². The third kappa shape index (κ3) is 3.21. The summed E-state index contributed by atoms with van der Waals surface area (Å²) in [5.74, 6) is -0.642. The summed E-state index contributed by atoms with van der Waals surface area (Å²) < 4.78 is 30.2. The maximum Gasteiger partial charge on any atom is 0.311 e. The summed E-state index contributed by atoms with van der Waals surface area (Å²) in [6.45, 7) is 1.78. The van der Waals surface area contributed by atoms with Crippen molar-refractivity contribution in [3.8, 4) is 6.07 Å². The number of pyridine rings is 1. The maximum atomic E-state index is 12.8. The van der Waals surface area contributed by atoms with Gasteiger partial charge in [0.1, 0.15) is 0 Å². The molecular formula is C11H10F2N2O2. The summed E-state index contributed by atoms with van der Waals surface area (Å²) >= 11 is 0. The zero-order valence-corrected chi connectivity index (χ0v) is 9.11. The van der Waals surface area contributed by atoms with E-state index in [1.54, 1.807) is 13.0 Å². The van der Waals surface area contributed by atoms with Crippen LogP contribution in [0.1, 0.15) is 30.2 Å².